The number of piperazine rings is 1. The first-order valence-electron chi connectivity index (χ1n) is 10.6. The number of hydrogen-bond acceptors (Lipinski definition) is 3. The summed E-state index contributed by atoms with van der Waals surface area (Å²) in [6.45, 7) is 5.95. The molecule has 1 saturated heterocycles. The van der Waals surface area contributed by atoms with E-state index in [1.807, 2.05) is 4.90 Å². The Hall–Kier alpha value is -1.87. The van der Waals surface area contributed by atoms with E-state index in [0.29, 0.717) is 18.8 Å². The van der Waals surface area contributed by atoms with Gasteiger partial charge in [-0.15, -0.1) is 0 Å². The maximum atomic E-state index is 13.2. The second-order valence-corrected chi connectivity index (χ2v) is 9.23. The lowest BCUT2D eigenvalue weighted by Gasteiger charge is -2.35. The fraction of sp³-hybridized carbons (Fsp3) is 0.545. The van der Waals surface area contributed by atoms with Crippen molar-refractivity contribution in [1.82, 2.24) is 19.6 Å². The van der Waals surface area contributed by atoms with Crippen molar-refractivity contribution in [2.24, 2.45) is 0 Å². The molecule has 0 N–H and O–H groups in total. The standard InChI is InChI=1S/C22H26BrF3N4O/c1-15-3-2-4-16(13-15)14-28-9-11-29(12-10-28)18(31)7-8-30-20(17-5-6-17)19(23)21(27-30)22(24,25)26/h2-4,13,17H,5-12,14H2,1H3. The lowest BCUT2D eigenvalue weighted by molar-refractivity contribution is -0.142. The van der Waals surface area contributed by atoms with Crippen LogP contribution in [0.25, 0.3) is 0 Å². The van der Waals surface area contributed by atoms with E-state index < -0.39 is 11.9 Å². The molecule has 168 valence electrons. The maximum Gasteiger partial charge on any atom is 0.436 e. The number of aryl methyl sites for hydroxylation is 2. The highest BCUT2D eigenvalue weighted by Crippen LogP contribution is 2.47. The minimum atomic E-state index is -4.51. The van der Waals surface area contributed by atoms with Crippen LogP contribution in [0.5, 0.6) is 0 Å². The van der Waals surface area contributed by atoms with Crippen LogP contribution in [0, 0.1) is 6.92 Å². The quantitative estimate of drug-likeness (QED) is 0.585. The summed E-state index contributed by atoms with van der Waals surface area (Å²) in [5, 5.41) is 3.79. The predicted octanol–water partition coefficient (Wildman–Crippen LogP) is 4.58. The van der Waals surface area contributed by atoms with Gasteiger partial charge in [-0.3, -0.25) is 14.4 Å². The number of halogens is 4. The van der Waals surface area contributed by atoms with Gasteiger partial charge in [0.05, 0.1) is 16.7 Å². The molecule has 0 spiro atoms. The van der Waals surface area contributed by atoms with Gasteiger partial charge in [0.15, 0.2) is 5.69 Å². The summed E-state index contributed by atoms with van der Waals surface area (Å²) >= 11 is 3.10. The lowest BCUT2D eigenvalue weighted by atomic mass is 10.1. The molecule has 1 saturated carbocycles. The van der Waals surface area contributed by atoms with E-state index in [4.69, 9.17) is 0 Å². The third-order valence-electron chi connectivity index (χ3n) is 5.92. The van der Waals surface area contributed by atoms with Gasteiger partial charge in [-0.05, 0) is 41.3 Å². The van der Waals surface area contributed by atoms with Crippen molar-refractivity contribution in [3.63, 3.8) is 0 Å². The van der Waals surface area contributed by atoms with Gasteiger partial charge in [0.2, 0.25) is 5.91 Å². The fourth-order valence-electron chi connectivity index (χ4n) is 4.14. The number of carbonyl (C=O) groups excluding carboxylic acids is 1. The van der Waals surface area contributed by atoms with Gasteiger partial charge in [0.1, 0.15) is 0 Å². The smallest absolute Gasteiger partial charge is 0.340 e. The maximum absolute atomic E-state index is 13.2. The Morgan fingerprint density at radius 2 is 1.90 bits per heavy atom. The van der Waals surface area contributed by atoms with Crippen molar-refractivity contribution in [3.8, 4) is 0 Å². The van der Waals surface area contributed by atoms with E-state index in [-0.39, 0.29) is 29.3 Å². The van der Waals surface area contributed by atoms with Crippen LogP contribution in [-0.2, 0) is 24.1 Å². The van der Waals surface area contributed by atoms with Crippen LogP contribution in [0.1, 0.15) is 47.7 Å². The van der Waals surface area contributed by atoms with E-state index in [1.54, 1.807) is 0 Å². The van der Waals surface area contributed by atoms with Gasteiger partial charge in [-0.2, -0.15) is 18.3 Å². The largest absolute Gasteiger partial charge is 0.436 e. The average Bonchev–Trinajstić information content (AvgIpc) is 3.48. The molecule has 2 heterocycles. The van der Waals surface area contributed by atoms with Crippen LogP contribution in [0.2, 0.25) is 0 Å². The highest BCUT2D eigenvalue weighted by Gasteiger charge is 2.41. The zero-order valence-corrected chi connectivity index (χ0v) is 19.0. The summed E-state index contributed by atoms with van der Waals surface area (Å²) in [5.41, 5.74) is 2.17. The second-order valence-electron chi connectivity index (χ2n) is 8.44. The Kier molecular flexibility index (Phi) is 6.44. The zero-order valence-electron chi connectivity index (χ0n) is 17.5. The highest BCUT2D eigenvalue weighted by atomic mass is 79.9. The van der Waals surface area contributed by atoms with Crippen LogP contribution in [-0.4, -0.2) is 51.7 Å². The predicted molar refractivity (Wildman–Crippen MR) is 115 cm³/mol. The number of nitrogens with zero attached hydrogens (tertiary/aromatic N) is 4. The van der Waals surface area contributed by atoms with Crippen molar-refractivity contribution in [2.45, 2.75) is 51.4 Å². The molecule has 0 bridgehead atoms. The first kappa shape index (κ1) is 22.3. The first-order valence-corrected chi connectivity index (χ1v) is 11.4. The summed E-state index contributed by atoms with van der Waals surface area (Å²) in [7, 11) is 0. The molecule has 31 heavy (non-hydrogen) atoms. The van der Waals surface area contributed by atoms with Crippen molar-refractivity contribution < 1.29 is 18.0 Å². The highest BCUT2D eigenvalue weighted by molar-refractivity contribution is 9.10. The number of carbonyl (C=O) groups is 1. The SMILES string of the molecule is Cc1cccc(CN2CCN(C(=O)CCn3nc(C(F)(F)F)c(Br)c3C3CC3)CC2)c1. The topological polar surface area (TPSA) is 41.4 Å². The molecule has 1 aromatic carbocycles. The number of benzene rings is 1. The summed E-state index contributed by atoms with van der Waals surface area (Å²) in [6.07, 6.45) is -2.63. The van der Waals surface area contributed by atoms with Crippen molar-refractivity contribution in [1.29, 1.82) is 0 Å². The zero-order chi connectivity index (χ0) is 22.2. The fourth-order valence-corrected chi connectivity index (χ4v) is 4.97. The molecule has 1 aromatic heterocycles. The van der Waals surface area contributed by atoms with Crippen LogP contribution in [0.15, 0.2) is 28.7 Å². The Balaban J connectivity index is 1.32. The Morgan fingerprint density at radius 1 is 1.19 bits per heavy atom. The van der Waals surface area contributed by atoms with E-state index in [9.17, 15) is 18.0 Å². The Bertz CT molecular complexity index is 947. The van der Waals surface area contributed by atoms with Crippen molar-refractivity contribution in [2.75, 3.05) is 26.2 Å². The van der Waals surface area contributed by atoms with E-state index in [2.05, 4.69) is 57.1 Å². The molecule has 0 atom stereocenters. The molecule has 2 fully saturated rings. The molecule has 2 aliphatic rings. The number of aromatic nitrogens is 2. The molecule has 9 heteroatoms. The molecule has 1 aliphatic carbocycles. The van der Waals surface area contributed by atoms with Crippen LogP contribution >= 0.6 is 15.9 Å². The third kappa shape index (κ3) is 5.31. The normalized spacial score (nSPS) is 17.9. The summed E-state index contributed by atoms with van der Waals surface area (Å²) < 4.78 is 41.1. The average molecular weight is 499 g/mol. The number of hydrogen-bond donors (Lipinski definition) is 0. The number of alkyl halides is 3. The monoisotopic (exact) mass is 498 g/mol. The molecular formula is C22H26BrF3N4O. The van der Waals surface area contributed by atoms with Crippen molar-refractivity contribution >= 4 is 21.8 Å². The van der Waals surface area contributed by atoms with Gasteiger partial charge in [-0.1, -0.05) is 29.8 Å². The molecule has 0 radical (unpaired) electrons. The minimum absolute atomic E-state index is 0.0275. The van der Waals surface area contributed by atoms with E-state index >= 15 is 0 Å². The van der Waals surface area contributed by atoms with Gasteiger partial charge < -0.3 is 4.90 Å². The molecule has 1 aliphatic heterocycles. The number of rotatable bonds is 6. The Morgan fingerprint density at radius 3 is 2.52 bits per heavy atom. The summed E-state index contributed by atoms with van der Waals surface area (Å²) in [6, 6.07) is 8.41. The van der Waals surface area contributed by atoms with Crippen LogP contribution in [0.4, 0.5) is 13.2 Å². The van der Waals surface area contributed by atoms with E-state index in [0.717, 1.165) is 32.5 Å². The molecule has 4 rings (SSSR count). The first-order chi connectivity index (χ1) is 14.7. The summed E-state index contributed by atoms with van der Waals surface area (Å²) in [5.74, 6) is 0.0652. The second kappa shape index (κ2) is 8.94. The van der Waals surface area contributed by atoms with Crippen molar-refractivity contribution in [3.05, 3.63) is 51.3 Å². The molecule has 5 nitrogen and oxygen atoms in total. The number of amides is 1. The van der Waals surface area contributed by atoms with Gasteiger partial charge in [-0.25, -0.2) is 0 Å². The minimum Gasteiger partial charge on any atom is -0.340 e. The molecule has 2 aromatic rings. The van der Waals surface area contributed by atoms with Crippen LogP contribution < -0.4 is 0 Å². The third-order valence-corrected chi connectivity index (χ3v) is 6.70. The molecular weight excluding hydrogens is 473 g/mol. The van der Waals surface area contributed by atoms with Gasteiger partial charge >= 0.3 is 6.18 Å². The Labute approximate surface area is 188 Å². The lowest BCUT2D eigenvalue weighted by Crippen LogP contribution is -2.48. The van der Waals surface area contributed by atoms with Gasteiger partial charge in [0.25, 0.3) is 0 Å². The van der Waals surface area contributed by atoms with E-state index in [1.165, 1.54) is 15.8 Å². The van der Waals surface area contributed by atoms with Crippen LogP contribution in [0.3, 0.4) is 0 Å². The van der Waals surface area contributed by atoms with Gasteiger partial charge in [0, 0.05) is 45.1 Å². The summed E-state index contributed by atoms with van der Waals surface area (Å²) in [4.78, 5) is 16.8. The molecule has 0 unspecified atom stereocenters. The molecule has 1 amide bonds.